The molecule has 2 bridgehead atoms. The average Bonchev–Trinajstić information content (AvgIpc) is 3.08. The van der Waals surface area contributed by atoms with Crippen LogP contribution in [0.1, 0.15) is 19.3 Å². The molecular formula is C16H17N3O2. The van der Waals surface area contributed by atoms with Crippen LogP contribution in [0.5, 0.6) is 0 Å². The van der Waals surface area contributed by atoms with Crippen LogP contribution in [0, 0.1) is 17.8 Å². The highest BCUT2D eigenvalue weighted by atomic mass is 16.4. The number of hydrogen-bond donors (Lipinski definition) is 2. The Bertz CT molecular complexity index is 697. The van der Waals surface area contributed by atoms with Crippen molar-refractivity contribution in [3.05, 3.63) is 30.5 Å². The molecule has 2 aliphatic carbocycles. The number of fused-ring (bicyclic) bond motifs is 3. The summed E-state index contributed by atoms with van der Waals surface area (Å²) in [5.41, 5.74) is 1.72. The molecule has 1 heterocycles. The second kappa shape index (κ2) is 4.69. The van der Waals surface area contributed by atoms with Crippen molar-refractivity contribution in [3.8, 4) is 0 Å². The van der Waals surface area contributed by atoms with Gasteiger partial charge in [-0.1, -0.05) is 18.2 Å². The normalized spacial score (nSPS) is 30.7. The van der Waals surface area contributed by atoms with Crippen LogP contribution in [-0.2, 0) is 4.79 Å². The average molecular weight is 283 g/mol. The van der Waals surface area contributed by atoms with Gasteiger partial charge in [0.2, 0.25) is 0 Å². The molecule has 5 heteroatoms. The number of rotatable bonds is 3. The number of anilines is 1. The maximum absolute atomic E-state index is 11.6. The van der Waals surface area contributed by atoms with Crippen LogP contribution in [0.2, 0.25) is 0 Å². The fraction of sp³-hybridized carbons (Fsp3) is 0.438. The number of aliphatic carboxylic acids is 1. The minimum atomic E-state index is -0.675. The Balaban J connectivity index is 1.69. The van der Waals surface area contributed by atoms with Crippen molar-refractivity contribution in [2.45, 2.75) is 25.3 Å². The Hall–Kier alpha value is -2.17. The zero-order valence-corrected chi connectivity index (χ0v) is 11.6. The molecule has 2 aromatic rings. The van der Waals surface area contributed by atoms with Gasteiger partial charge in [-0.15, -0.1) is 0 Å². The summed E-state index contributed by atoms with van der Waals surface area (Å²) in [4.78, 5) is 11.6. The molecule has 2 N–H and O–H groups in total. The smallest absolute Gasteiger partial charge is 0.308 e. The predicted octanol–water partition coefficient (Wildman–Crippen LogP) is 2.54. The first-order chi connectivity index (χ1) is 10.2. The summed E-state index contributed by atoms with van der Waals surface area (Å²) >= 11 is 0. The molecule has 2 fully saturated rings. The first-order valence-corrected chi connectivity index (χ1v) is 7.44. The van der Waals surface area contributed by atoms with Crippen molar-refractivity contribution in [1.29, 1.82) is 0 Å². The number of benzene rings is 1. The summed E-state index contributed by atoms with van der Waals surface area (Å²) < 4.78 is 0. The summed E-state index contributed by atoms with van der Waals surface area (Å²) in [5.74, 6) is -0.171. The molecule has 0 amide bonds. The van der Waals surface area contributed by atoms with E-state index in [-0.39, 0.29) is 12.0 Å². The number of carboxylic acid groups (broad SMARTS) is 1. The molecule has 5 nitrogen and oxygen atoms in total. The molecule has 4 unspecified atom stereocenters. The maximum atomic E-state index is 11.6. The van der Waals surface area contributed by atoms with E-state index in [9.17, 15) is 9.90 Å². The Labute approximate surface area is 122 Å². The third kappa shape index (κ3) is 1.95. The lowest BCUT2D eigenvalue weighted by Gasteiger charge is -2.29. The van der Waals surface area contributed by atoms with Gasteiger partial charge in [-0.25, -0.2) is 0 Å². The van der Waals surface area contributed by atoms with E-state index in [0.29, 0.717) is 11.8 Å². The molecule has 0 spiro atoms. The first-order valence-electron chi connectivity index (χ1n) is 7.44. The summed E-state index contributed by atoms with van der Waals surface area (Å²) in [6, 6.07) is 7.82. The molecular weight excluding hydrogens is 266 g/mol. The van der Waals surface area contributed by atoms with Crippen LogP contribution >= 0.6 is 0 Å². The summed E-state index contributed by atoms with van der Waals surface area (Å²) in [7, 11) is 0. The topological polar surface area (TPSA) is 75.1 Å². The Kier molecular flexibility index (Phi) is 2.80. The van der Waals surface area contributed by atoms with Gasteiger partial charge < -0.3 is 10.4 Å². The van der Waals surface area contributed by atoms with Gasteiger partial charge in [0, 0.05) is 11.4 Å². The van der Waals surface area contributed by atoms with E-state index in [1.165, 1.54) is 0 Å². The van der Waals surface area contributed by atoms with Crippen LogP contribution in [-0.4, -0.2) is 27.3 Å². The number of aromatic nitrogens is 2. The van der Waals surface area contributed by atoms with Crippen molar-refractivity contribution >= 4 is 22.6 Å². The monoisotopic (exact) mass is 283 g/mol. The van der Waals surface area contributed by atoms with E-state index in [4.69, 9.17) is 0 Å². The van der Waals surface area contributed by atoms with Crippen molar-refractivity contribution in [2.75, 3.05) is 5.32 Å². The fourth-order valence-corrected chi connectivity index (χ4v) is 4.16. The van der Waals surface area contributed by atoms with Crippen LogP contribution in [0.3, 0.4) is 0 Å². The van der Waals surface area contributed by atoms with Gasteiger partial charge in [0.25, 0.3) is 0 Å². The third-order valence-electron chi connectivity index (χ3n) is 5.07. The van der Waals surface area contributed by atoms with E-state index >= 15 is 0 Å². The van der Waals surface area contributed by atoms with Crippen molar-refractivity contribution in [1.82, 2.24) is 10.2 Å². The van der Waals surface area contributed by atoms with E-state index in [1.54, 1.807) is 6.20 Å². The number of carboxylic acids is 1. The van der Waals surface area contributed by atoms with Gasteiger partial charge in [-0.2, -0.15) is 10.2 Å². The van der Waals surface area contributed by atoms with Gasteiger partial charge in [0.15, 0.2) is 0 Å². The number of carbonyl (C=O) groups is 1. The molecule has 21 heavy (non-hydrogen) atoms. The van der Waals surface area contributed by atoms with Crippen LogP contribution in [0.25, 0.3) is 10.9 Å². The summed E-state index contributed by atoms with van der Waals surface area (Å²) in [6.07, 6.45) is 4.91. The SMILES string of the molecule is O=C(O)C1C2CCC(C2)C1Nc1cnnc2ccccc12. The second-order valence-corrected chi connectivity index (χ2v) is 6.14. The molecule has 2 aliphatic rings. The third-order valence-corrected chi connectivity index (χ3v) is 5.07. The van der Waals surface area contributed by atoms with Gasteiger partial charge in [0.05, 0.1) is 23.3 Å². The lowest BCUT2D eigenvalue weighted by Crippen LogP contribution is -2.39. The van der Waals surface area contributed by atoms with E-state index in [1.807, 2.05) is 24.3 Å². The highest BCUT2D eigenvalue weighted by Gasteiger charge is 2.51. The standard InChI is InChI=1S/C16H17N3O2/c20-16(21)14-9-5-6-10(7-9)15(14)18-13-8-17-19-12-4-2-1-3-11(12)13/h1-4,8-10,14-15H,5-7H2,(H,18,19)(H,20,21). The predicted molar refractivity (Wildman–Crippen MR) is 78.9 cm³/mol. The Morgan fingerprint density at radius 1 is 1.24 bits per heavy atom. The Morgan fingerprint density at radius 3 is 2.90 bits per heavy atom. The van der Waals surface area contributed by atoms with E-state index < -0.39 is 5.97 Å². The lowest BCUT2D eigenvalue weighted by atomic mass is 9.84. The summed E-state index contributed by atoms with van der Waals surface area (Å²) in [6.45, 7) is 0. The van der Waals surface area contributed by atoms with Crippen LogP contribution in [0.4, 0.5) is 5.69 Å². The van der Waals surface area contributed by atoms with E-state index in [0.717, 1.165) is 35.9 Å². The van der Waals surface area contributed by atoms with E-state index in [2.05, 4.69) is 15.5 Å². The minimum Gasteiger partial charge on any atom is -0.481 e. The van der Waals surface area contributed by atoms with Gasteiger partial charge in [-0.3, -0.25) is 4.79 Å². The van der Waals surface area contributed by atoms with Crippen molar-refractivity contribution < 1.29 is 9.90 Å². The number of hydrogen-bond acceptors (Lipinski definition) is 4. The fourth-order valence-electron chi connectivity index (χ4n) is 4.16. The number of nitrogens with one attached hydrogen (secondary N) is 1. The largest absolute Gasteiger partial charge is 0.481 e. The number of nitrogens with zero attached hydrogens (tertiary/aromatic N) is 2. The van der Waals surface area contributed by atoms with Crippen LogP contribution in [0.15, 0.2) is 30.5 Å². The molecule has 4 rings (SSSR count). The van der Waals surface area contributed by atoms with Gasteiger partial charge >= 0.3 is 5.97 Å². The zero-order chi connectivity index (χ0) is 14.4. The zero-order valence-electron chi connectivity index (χ0n) is 11.6. The highest BCUT2D eigenvalue weighted by Crippen LogP contribution is 2.49. The molecule has 0 saturated heterocycles. The maximum Gasteiger partial charge on any atom is 0.308 e. The molecule has 1 aromatic carbocycles. The molecule has 2 saturated carbocycles. The second-order valence-electron chi connectivity index (χ2n) is 6.14. The lowest BCUT2D eigenvalue weighted by molar-refractivity contribution is -0.143. The molecule has 1 aromatic heterocycles. The Morgan fingerprint density at radius 2 is 2.05 bits per heavy atom. The van der Waals surface area contributed by atoms with Crippen molar-refractivity contribution in [3.63, 3.8) is 0 Å². The summed E-state index contributed by atoms with van der Waals surface area (Å²) in [5, 5.41) is 22.1. The first kappa shape index (κ1) is 12.6. The quantitative estimate of drug-likeness (QED) is 0.905. The molecule has 0 radical (unpaired) electrons. The minimum absolute atomic E-state index is 0.00820. The molecule has 4 atom stereocenters. The highest BCUT2D eigenvalue weighted by molar-refractivity contribution is 5.90. The molecule has 0 aliphatic heterocycles. The van der Waals surface area contributed by atoms with Gasteiger partial charge in [0.1, 0.15) is 0 Å². The van der Waals surface area contributed by atoms with Gasteiger partial charge in [-0.05, 0) is 37.2 Å². The molecule has 108 valence electrons. The van der Waals surface area contributed by atoms with Crippen molar-refractivity contribution in [2.24, 2.45) is 17.8 Å². The van der Waals surface area contributed by atoms with Crippen LogP contribution < -0.4 is 5.32 Å².